The molecule has 0 amide bonds. The lowest BCUT2D eigenvalue weighted by Crippen LogP contribution is -2.37. The van der Waals surface area contributed by atoms with Gasteiger partial charge in [-0.25, -0.2) is 0 Å². The molecule has 6 rings (SSSR count). The number of rotatable bonds is 10. The van der Waals surface area contributed by atoms with Crippen LogP contribution >= 0.6 is 19.0 Å². The number of thioether (sulfide) groups is 1. The largest absolute Gasteiger partial charge is 0.369 e. The third kappa shape index (κ3) is 6.68. The fourth-order valence-electron chi connectivity index (χ4n) is 5.59. The van der Waals surface area contributed by atoms with Gasteiger partial charge in [0.05, 0.1) is 0 Å². The molecule has 0 radical (unpaired) electrons. The SMILES string of the molecule is N=C(S/C=C(/N[C@H](O)c1ccccc1)[P+](c1ccccc1)(c1ccccc1)c1ccccc1)N(c1ccccc1)c1ccccc1. The van der Waals surface area contributed by atoms with E-state index in [1.54, 1.807) is 0 Å². The summed E-state index contributed by atoms with van der Waals surface area (Å²) in [6.45, 7) is 0. The second kappa shape index (κ2) is 14.9. The Labute approximate surface area is 275 Å². The van der Waals surface area contributed by atoms with E-state index >= 15 is 0 Å². The fourth-order valence-corrected chi connectivity index (χ4v) is 10.9. The molecule has 6 aromatic rings. The molecule has 0 fully saturated rings. The molecule has 0 heterocycles. The second-order valence-electron chi connectivity index (χ2n) is 10.6. The summed E-state index contributed by atoms with van der Waals surface area (Å²) in [5.74, 6) is 0. The molecule has 1 atom stereocenters. The first kappa shape index (κ1) is 31.1. The second-order valence-corrected chi connectivity index (χ2v) is 14.8. The molecule has 0 aromatic heterocycles. The Bertz CT molecular complexity index is 1720. The van der Waals surface area contributed by atoms with Gasteiger partial charge in [-0.15, -0.1) is 0 Å². The van der Waals surface area contributed by atoms with Gasteiger partial charge in [-0.05, 0) is 60.7 Å². The zero-order valence-electron chi connectivity index (χ0n) is 25.2. The predicted molar refractivity (Wildman–Crippen MR) is 198 cm³/mol. The van der Waals surface area contributed by atoms with Crippen LogP contribution in [-0.2, 0) is 0 Å². The van der Waals surface area contributed by atoms with Crippen molar-refractivity contribution in [3.63, 3.8) is 0 Å². The minimum absolute atomic E-state index is 0.332. The van der Waals surface area contributed by atoms with E-state index in [0.29, 0.717) is 5.17 Å². The number of hydrogen-bond acceptors (Lipinski definition) is 4. The standard InChI is InChI=1S/C40H35N3OPS/c41-40(43(33-21-9-2-10-22-33)34-23-11-3-12-24-34)46-31-38(42-39(44)32-19-7-1-8-20-32)45(35-25-13-4-14-26-35,36-27-15-5-16-28-36)37-29-17-6-18-30-37/h1-31,39,41-42,44H/q+1/b38-31-,41-40?/t39-/m1/s1. The minimum Gasteiger partial charge on any atom is -0.369 e. The summed E-state index contributed by atoms with van der Waals surface area (Å²) in [4.78, 5) is 1.94. The van der Waals surface area contributed by atoms with Crippen molar-refractivity contribution in [3.05, 3.63) is 198 Å². The number of aliphatic hydroxyl groups excluding tert-OH is 1. The molecule has 46 heavy (non-hydrogen) atoms. The third-order valence-electron chi connectivity index (χ3n) is 7.71. The molecule has 0 aliphatic carbocycles. The van der Waals surface area contributed by atoms with Gasteiger partial charge in [-0.2, -0.15) is 0 Å². The van der Waals surface area contributed by atoms with Crippen LogP contribution in [0.2, 0.25) is 0 Å². The lowest BCUT2D eigenvalue weighted by atomic mass is 10.2. The summed E-state index contributed by atoms with van der Waals surface area (Å²) in [5.41, 5.74) is 3.40. The van der Waals surface area contributed by atoms with E-state index in [1.165, 1.54) is 11.8 Å². The third-order valence-corrected chi connectivity index (χ3v) is 12.8. The first-order chi connectivity index (χ1) is 22.7. The number of nitrogens with zero attached hydrogens (tertiary/aromatic N) is 1. The molecule has 0 aliphatic heterocycles. The highest BCUT2D eigenvalue weighted by Crippen LogP contribution is 2.62. The molecule has 3 N–H and O–H groups in total. The van der Waals surface area contributed by atoms with Crippen LogP contribution < -0.4 is 26.1 Å². The van der Waals surface area contributed by atoms with Crippen LogP contribution in [-0.4, -0.2) is 10.3 Å². The van der Waals surface area contributed by atoms with Crippen molar-refractivity contribution in [2.24, 2.45) is 0 Å². The van der Waals surface area contributed by atoms with Crippen molar-refractivity contribution in [3.8, 4) is 0 Å². The highest BCUT2D eigenvalue weighted by atomic mass is 32.2. The van der Waals surface area contributed by atoms with E-state index in [9.17, 15) is 10.5 Å². The van der Waals surface area contributed by atoms with Crippen LogP contribution in [0.25, 0.3) is 0 Å². The molecule has 6 heteroatoms. The van der Waals surface area contributed by atoms with Gasteiger partial charge in [-0.3, -0.25) is 10.3 Å². The first-order valence-corrected chi connectivity index (χ1v) is 17.8. The van der Waals surface area contributed by atoms with Gasteiger partial charge < -0.3 is 10.4 Å². The number of amidine groups is 1. The van der Waals surface area contributed by atoms with Crippen molar-refractivity contribution >= 4 is 51.5 Å². The Balaban J connectivity index is 1.55. The maximum absolute atomic E-state index is 11.7. The maximum atomic E-state index is 11.7. The summed E-state index contributed by atoms with van der Waals surface area (Å²) in [6.07, 6.45) is -0.975. The van der Waals surface area contributed by atoms with E-state index in [4.69, 9.17) is 0 Å². The van der Waals surface area contributed by atoms with E-state index in [2.05, 4.69) is 78.1 Å². The van der Waals surface area contributed by atoms with Crippen LogP contribution in [0.15, 0.2) is 193 Å². The number of para-hydroxylation sites is 2. The Hall–Kier alpha value is -4.93. The molecule has 6 aromatic carbocycles. The van der Waals surface area contributed by atoms with E-state index in [0.717, 1.165) is 38.3 Å². The molecule has 0 aliphatic rings. The van der Waals surface area contributed by atoms with Gasteiger partial charge in [0, 0.05) is 22.3 Å². The summed E-state index contributed by atoms with van der Waals surface area (Å²) < 4.78 is 0. The fraction of sp³-hybridized carbons (Fsp3) is 0.0250. The number of benzene rings is 6. The summed E-state index contributed by atoms with van der Waals surface area (Å²) in [7, 11) is -2.61. The first-order valence-electron chi connectivity index (χ1n) is 15.1. The number of nitrogens with one attached hydrogen (secondary N) is 2. The van der Waals surface area contributed by atoms with Crippen molar-refractivity contribution in [2.45, 2.75) is 6.23 Å². The quantitative estimate of drug-likeness (QED) is 0.0611. The molecular weight excluding hydrogens is 602 g/mol. The molecule has 0 bridgehead atoms. The summed E-state index contributed by atoms with van der Waals surface area (Å²) >= 11 is 1.33. The molecule has 0 spiro atoms. The number of hydrogen-bond donors (Lipinski definition) is 3. The molecular formula is C40H35N3OPS+. The topological polar surface area (TPSA) is 59.4 Å². The minimum atomic E-state index is -2.61. The Kier molecular flexibility index (Phi) is 10.1. The number of aliphatic hydroxyl groups is 1. The van der Waals surface area contributed by atoms with Crippen molar-refractivity contribution in [1.82, 2.24) is 5.32 Å². The number of anilines is 2. The highest BCUT2D eigenvalue weighted by Gasteiger charge is 2.50. The van der Waals surface area contributed by atoms with Crippen LogP contribution in [0.5, 0.6) is 0 Å². The molecule has 0 saturated carbocycles. The van der Waals surface area contributed by atoms with Crippen LogP contribution in [0.4, 0.5) is 11.4 Å². The van der Waals surface area contributed by atoms with Gasteiger partial charge in [0.15, 0.2) is 24.1 Å². The van der Waals surface area contributed by atoms with E-state index in [1.807, 2.05) is 120 Å². The Morgan fingerprint density at radius 1 is 0.565 bits per heavy atom. The van der Waals surface area contributed by atoms with Crippen LogP contribution in [0, 0.1) is 5.41 Å². The molecule has 0 unspecified atom stereocenters. The van der Waals surface area contributed by atoms with Gasteiger partial charge in [-0.1, -0.05) is 133 Å². The molecule has 226 valence electrons. The van der Waals surface area contributed by atoms with Crippen molar-refractivity contribution in [1.29, 1.82) is 5.41 Å². The zero-order chi connectivity index (χ0) is 31.6. The van der Waals surface area contributed by atoms with Gasteiger partial charge >= 0.3 is 0 Å². The van der Waals surface area contributed by atoms with Crippen LogP contribution in [0.1, 0.15) is 11.8 Å². The molecule has 0 saturated heterocycles. The van der Waals surface area contributed by atoms with E-state index in [-0.39, 0.29) is 0 Å². The monoisotopic (exact) mass is 636 g/mol. The normalized spacial score (nSPS) is 12.2. The average Bonchev–Trinajstić information content (AvgIpc) is 3.13. The van der Waals surface area contributed by atoms with Crippen LogP contribution in [0.3, 0.4) is 0 Å². The predicted octanol–water partition coefficient (Wildman–Crippen LogP) is 8.57. The molecule has 4 nitrogen and oxygen atoms in total. The van der Waals surface area contributed by atoms with Crippen molar-refractivity contribution < 1.29 is 5.11 Å². The zero-order valence-corrected chi connectivity index (χ0v) is 26.9. The lowest BCUT2D eigenvalue weighted by Gasteiger charge is -2.31. The van der Waals surface area contributed by atoms with Crippen molar-refractivity contribution in [2.75, 3.05) is 4.90 Å². The highest BCUT2D eigenvalue weighted by molar-refractivity contribution is 8.17. The maximum Gasteiger partial charge on any atom is 0.181 e. The van der Waals surface area contributed by atoms with E-state index < -0.39 is 13.5 Å². The average molecular weight is 637 g/mol. The summed E-state index contributed by atoms with van der Waals surface area (Å²) in [6, 6.07) is 61.2. The Morgan fingerprint density at radius 3 is 1.30 bits per heavy atom. The Morgan fingerprint density at radius 2 is 0.913 bits per heavy atom. The van der Waals surface area contributed by atoms with Gasteiger partial charge in [0.2, 0.25) is 0 Å². The smallest absolute Gasteiger partial charge is 0.181 e. The van der Waals surface area contributed by atoms with Gasteiger partial charge in [0.25, 0.3) is 0 Å². The summed E-state index contributed by atoms with van der Waals surface area (Å²) in [5, 5.41) is 30.5. The lowest BCUT2D eigenvalue weighted by molar-refractivity contribution is 0.154. The van der Waals surface area contributed by atoms with Gasteiger partial charge in [0.1, 0.15) is 15.9 Å².